The van der Waals surface area contributed by atoms with Gasteiger partial charge in [-0.15, -0.1) is 0 Å². The van der Waals surface area contributed by atoms with Crippen molar-refractivity contribution in [3.63, 3.8) is 0 Å². The molecule has 0 radical (unpaired) electrons. The largest absolute Gasteiger partial charge is 0.408 e. The number of nitrogens with zero attached hydrogens (tertiary/aromatic N) is 1. The van der Waals surface area contributed by atoms with E-state index in [2.05, 4.69) is 122 Å². The summed E-state index contributed by atoms with van der Waals surface area (Å²) in [5, 5.41) is 6.96. The first-order valence-electron chi connectivity index (χ1n) is 11.8. The normalized spacial score (nSPS) is 12.7. The summed E-state index contributed by atoms with van der Waals surface area (Å²) in [5.41, 5.74) is 3.00. The van der Waals surface area contributed by atoms with Gasteiger partial charge in [-0.25, -0.2) is 0 Å². The molecular formula is C30H26NO2P. The van der Waals surface area contributed by atoms with Crippen LogP contribution in [-0.2, 0) is 0 Å². The van der Waals surface area contributed by atoms with Crippen LogP contribution < -0.4 is 4.67 Å². The fraction of sp³-hybridized carbons (Fsp3) is 0.133. The van der Waals surface area contributed by atoms with Crippen molar-refractivity contribution < 1.29 is 8.39 Å². The van der Waals surface area contributed by atoms with E-state index in [4.69, 9.17) is 8.39 Å². The Balaban J connectivity index is 1.74. The molecule has 0 amide bonds. The van der Waals surface area contributed by atoms with Crippen molar-refractivity contribution in [3.05, 3.63) is 109 Å². The maximum atomic E-state index is 6.76. The van der Waals surface area contributed by atoms with Crippen LogP contribution in [0.2, 0.25) is 0 Å². The van der Waals surface area contributed by atoms with E-state index in [-0.39, 0.29) is 6.04 Å². The molecule has 0 saturated heterocycles. The van der Waals surface area contributed by atoms with Gasteiger partial charge in [0.15, 0.2) is 0 Å². The van der Waals surface area contributed by atoms with Crippen LogP contribution in [0, 0.1) is 0 Å². The summed E-state index contributed by atoms with van der Waals surface area (Å²) >= 11 is 0. The highest BCUT2D eigenvalue weighted by Gasteiger charge is 2.22. The van der Waals surface area contributed by atoms with Crippen molar-refractivity contribution in [2.75, 3.05) is 11.2 Å². The van der Waals surface area contributed by atoms with Gasteiger partial charge in [-0.05, 0) is 46.2 Å². The average Bonchev–Trinajstić information content (AvgIpc) is 3.06. The van der Waals surface area contributed by atoms with Crippen LogP contribution in [0.3, 0.4) is 0 Å². The topological polar surface area (TPSA) is 29.5 Å². The van der Waals surface area contributed by atoms with Gasteiger partial charge in [0.25, 0.3) is 0 Å². The molecule has 0 fully saturated rings. The van der Waals surface area contributed by atoms with E-state index in [1.807, 2.05) is 0 Å². The first-order valence-corrected chi connectivity index (χ1v) is 12.9. The van der Waals surface area contributed by atoms with Gasteiger partial charge in [0.2, 0.25) is 0 Å². The predicted octanol–water partition coefficient (Wildman–Crippen LogP) is 9.32. The fourth-order valence-corrected chi connectivity index (χ4v) is 6.43. The van der Waals surface area contributed by atoms with Crippen LogP contribution in [0.15, 0.2) is 112 Å². The highest BCUT2D eigenvalue weighted by Crippen LogP contribution is 2.44. The molecule has 5 aromatic carbocycles. The van der Waals surface area contributed by atoms with Gasteiger partial charge in [-0.3, -0.25) is 0 Å². The standard InChI is InChI=1S/C30H26NO2P/c1-3-31(21(2)22-11-5-4-6-12-22)34-32-27-19-17-23-13-7-9-15-25(23)29(27)30-26-16-10-8-14-24(26)18-20-28(30)33-34/h4-21H,3H2,1-2H3. The lowest BCUT2D eigenvalue weighted by Crippen LogP contribution is -2.23. The van der Waals surface area contributed by atoms with Crippen LogP contribution >= 0.6 is 8.16 Å². The van der Waals surface area contributed by atoms with Gasteiger partial charge < -0.3 is 8.39 Å². The molecule has 6 rings (SSSR count). The van der Waals surface area contributed by atoms with Crippen molar-refractivity contribution in [1.29, 1.82) is 0 Å². The van der Waals surface area contributed by atoms with E-state index in [1.165, 1.54) is 27.1 Å². The van der Waals surface area contributed by atoms with Crippen LogP contribution in [0.25, 0.3) is 43.5 Å². The van der Waals surface area contributed by atoms with Crippen molar-refractivity contribution in [3.8, 4) is 0 Å². The Morgan fingerprint density at radius 2 is 1.15 bits per heavy atom. The smallest absolute Gasteiger partial charge is 0.310 e. The molecule has 0 aliphatic rings. The van der Waals surface area contributed by atoms with Crippen molar-refractivity contribution in [1.82, 2.24) is 0 Å². The molecule has 1 unspecified atom stereocenters. The number of hydrogen-bond acceptors (Lipinski definition) is 3. The summed E-state index contributed by atoms with van der Waals surface area (Å²) in [7, 11) is -1.38. The van der Waals surface area contributed by atoms with E-state index in [0.29, 0.717) is 0 Å². The Morgan fingerprint density at radius 3 is 1.68 bits per heavy atom. The minimum atomic E-state index is -1.38. The van der Waals surface area contributed by atoms with Crippen LogP contribution in [-0.4, -0.2) is 6.54 Å². The summed E-state index contributed by atoms with van der Waals surface area (Å²) in [6.45, 7) is 5.21. The second-order valence-electron chi connectivity index (χ2n) is 8.58. The summed E-state index contributed by atoms with van der Waals surface area (Å²) < 4.78 is 15.8. The summed E-state index contributed by atoms with van der Waals surface area (Å²) in [6, 6.07) is 36.3. The van der Waals surface area contributed by atoms with Gasteiger partial charge in [0.05, 0.1) is 0 Å². The Morgan fingerprint density at radius 1 is 0.647 bits per heavy atom. The molecule has 0 spiro atoms. The molecule has 0 saturated carbocycles. The lowest BCUT2D eigenvalue weighted by atomic mass is 9.99. The quantitative estimate of drug-likeness (QED) is 0.261. The Hall–Kier alpha value is -3.52. The van der Waals surface area contributed by atoms with E-state index in [9.17, 15) is 0 Å². The highest BCUT2D eigenvalue weighted by molar-refractivity contribution is 7.39. The molecular weight excluding hydrogens is 437 g/mol. The Labute approximate surface area is 199 Å². The summed E-state index contributed by atoms with van der Waals surface area (Å²) in [5.74, 6) is 0. The molecule has 1 atom stereocenters. The first kappa shape index (κ1) is 21.0. The van der Waals surface area contributed by atoms with E-state index in [1.54, 1.807) is 0 Å². The second-order valence-corrected chi connectivity index (χ2v) is 9.94. The third kappa shape index (κ3) is 3.49. The maximum absolute atomic E-state index is 6.76. The number of rotatable bonds is 4. The van der Waals surface area contributed by atoms with Crippen LogP contribution in [0.4, 0.5) is 0 Å². The van der Waals surface area contributed by atoms with Gasteiger partial charge in [-0.2, -0.15) is 4.67 Å². The minimum Gasteiger partial charge on any atom is -0.408 e. The first-order chi connectivity index (χ1) is 16.7. The molecule has 1 heterocycles. The Bertz CT molecular complexity index is 1580. The van der Waals surface area contributed by atoms with Crippen LogP contribution in [0.5, 0.6) is 0 Å². The average molecular weight is 464 g/mol. The zero-order valence-corrected chi connectivity index (χ0v) is 20.2. The van der Waals surface area contributed by atoms with Crippen molar-refractivity contribution in [2.24, 2.45) is 0 Å². The lowest BCUT2D eigenvalue weighted by Gasteiger charge is -2.24. The van der Waals surface area contributed by atoms with Crippen LogP contribution in [0.1, 0.15) is 25.5 Å². The fourth-order valence-electron chi connectivity index (χ4n) is 4.90. The molecule has 0 aliphatic heterocycles. The molecule has 168 valence electrons. The summed E-state index contributed by atoms with van der Waals surface area (Å²) in [4.78, 5) is 0. The van der Waals surface area contributed by atoms with Gasteiger partial charge >= 0.3 is 8.16 Å². The molecule has 0 bridgehead atoms. The monoisotopic (exact) mass is 463 g/mol. The molecule has 0 aliphatic carbocycles. The molecule has 6 aromatic rings. The number of fused-ring (bicyclic) bond motifs is 7. The van der Waals surface area contributed by atoms with E-state index in [0.717, 1.165) is 28.5 Å². The molecule has 3 nitrogen and oxygen atoms in total. The third-order valence-corrected chi connectivity index (χ3v) is 8.40. The zero-order valence-electron chi connectivity index (χ0n) is 19.3. The Kier molecular flexibility index (Phi) is 5.37. The molecule has 1 aromatic heterocycles. The molecule has 34 heavy (non-hydrogen) atoms. The maximum Gasteiger partial charge on any atom is 0.310 e. The lowest BCUT2D eigenvalue weighted by molar-refractivity contribution is 0.600. The highest BCUT2D eigenvalue weighted by atomic mass is 31.1. The predicted molar refractivity (Wildman–Crippen MR) is 145 cm³/mol. The minimum absolute atomic E-state index is 0.156. The number of hydrogen-bond donors (Lipinski definition) is 0. The zero-order chi connectivity index (χ0) is 23.1. The van der Waals surface area contributed by atoms with Crippen molar-refractivity contribution >= 4 is 51.6 Å². The summed E-state index contributed by atoms with van der Waals surface area (Å²) in [6.07, 6.45) is 0. The molecule has 4 heteroatoms. The molecule has 0 N–H and O–H groups in total. The SMILES string of the molecule is CCN(C(C)c1ccccc1)p1oc2ccc3ccccc3c2c2c(ccc3ccccc32)o1. The van der Waals surface area contributed by atoms with Gasteiger partial charge in [0, 0.05) is 23.4 Å². The van der Waals surface area contributed by atoms with E-state index >= 15 is 0 Å². The van der Waals surface area contributed by atoms with Gasteiger partial charge in [0.1, 0.15) is 11.2 Å². The number of benzene rings is 5. The van der Waals surface area contributed by atoms with E-state index < -0.39 is 8.16 Å². The third-order valence-electron chi connectivity index (χ3n) is 6.65. The second kappa shape index (κ2) is 8.68. The van der Waals surface area contributed by atoms with Crippen molar-refractivity contribution in [2.45, 2.75) is 19.9 Å². The van der Waals surface area contributed by atoms with Gasteiger partial charge in [-0.1, -0.05) is 97.9 Å².